The largest absolute Gasteiger partial charge is 0.464 e. The molecule has 0 saturated heterocycles. The van der Waals surface area contributed by atoms with Crippen LogP contribution < -0.4 is 15.8 Å². The molecule has 1 aromatic heterocycles. The molecule has 3 N–H and O–H groups in total. The molecule has 6 heteroatoms. The van der Waals surface area contributed by atoms with Gasteiger partial charge in [0, 0.05) is 5.69 Å². The first-order valence-electron chi connectivity index (χ1n) is 7.28. The van der Waals surface area contributed by atoms with Gasteiger partial charge in [0.05, 0.1) is 6.61 Å². The number of fused-ring (bicyclic) bond motifs is 1. The molecule has 1 aliphatic rings. The molecular formula is C15H19N5O. The summed E-state index contributed by atoms with van der Waals surface area (Å²) < 4.78 is 5.30. The summed E-state index contributed by atoms with van der Waals surface area (Å²) in [6, 6.07) is 6.54. The Morgan fingerprint density at radius 3 is 2.90 bits per heavy atom. The van der Waals surface area contributed by atoms with Gasteiger partial charge in [0.15, 0.2) is 0 Å². The van der Waals surface area contributed by atoms with E-state index >= 15 is 0 Å². The first kappa shape index (κ1) is 13.6. The van der Waals surface area contributed by atoms with Gasteiger partial charge in [-0.25, -0.2) is 0 Å². The van der Waals surface area contributed by atoms with Gasteiger partial charge < -0.3 is 15.8 Å². The molecule has 0 bridgehead atoms. The number of benzene rings is 1. The SMILES string of the molecule is CCOc1nc(N)nc(Nc2cccc3c2CCCC3)n1. The summed E-state index contributed by atoms with van der Waals surface area (Å²) in [5, 5.41) is 3.25. The van der Waals surface area contributed by atoms with E-state index in [0.717, 1.165) is 18.5 Å². The lowest BCUT2D eigenvalue weighted by Crippen LogP contribution is -2.09. The molecule has 0 radical (unpaired) electrons. The van der Waals surface area contributed by atoms with Crippen LogP contribution in [0, 0.1) is 0 Å². The second-order valence-electron chi connectivity index (χ2n) is 5.01. The topological polar surface area (TPSA) is 86.0 Å². The molecule has 1 aliphatic carbocycles. The van der Waals surface area contributed by atoms with Gasteiger partial charge in [-0.05, 0) is 49.8 Å². The van der Waals surface area contributed by atoms with Crippen LogP contribution in [0.15, 0.2) is 18.2 Å². The van der Waals surface area contributed by atoms with Crippen molar-refractivity contribution in [2.75, 3.05) is 17.7 Å². The van der Waals surface area contributed by atoms with Crippen molar-refractivity contribution in [1.29, 1.82) is 0 Å². The Bertz CT molecular complexity index is 644. The van der Waals surface area contributed by atoms with E-state index in [1.54, 1.807) is 0 Å². The van der Waals surface area contributed by atoms with E-state index < -0.39 is 0 Å². The van der Waals surface area contributed by atoms with E-state index in [4.69, 9.17) is 10.5 Å². The average molecular weight is 285 g/mol. The maximum Gasteiger partial charge on any atom is 0.323 e. The van der Waals surface area contributed by atoms with Crippen LogP contribution in [0.4, 0.5) is 17.6 Å². The van der Waals surface area contributed by atoms with E-state index in [1.807, 2.05) is 13.0 Å². The lowest BCUT2D eigenvalue weighted by molar-refractivity contribution is 0.312. The smallest absolute Gasteiger partial charge is 0.323 e. The summed E-state index contributed by atoms with van der Waals surface area (Å²) in [6.07, 6.45) is 4.69. The third-order valence-corrected chi connectivity index (χ3v) is 3.55. The quantitative estimate of drug-likeness (QED) is 0.897. The second-order valence-corrected chi connectivity index (χ2v) is 5.01. The number of nitrogens with zero attached hydrogens (tertiary/aromatic N) is 3. The summed E-state index contributed by atoms with van der Waals surface area (Å²) >= 11 is 0. The number of nitrogen functional groups attached to an aromatic ring is 1. The molecule has 0 spiro atoms. The molecule has 110 valence electrons. The van der Waals surface area contributed by atoms with Gasteiger partial charge in [0.25, 0.3) is 0 Å². The highest BCUT2D eigenvalue weighted by atomic mass is 16.5. The summed E-state index contributed by atoms with van der Waals surface area (Å²) in [6.45, 7) is 2.37. The molecule has 1 aromatic carbocycles. The minimum atomic E-state index is 0.153. The number of aryl methyl sites for hydroxylation is 1. The number of aromatic nitrogens is 3. The lowest BCUT2D eigenvalue weighted by Gasteiger charge is -2.19. The van der Waals surface area contributed by atoms with E-state index in [1.165, 1.54) is 24.0 Å². The molecule has 0 unspecified atom stereocenters. The van der Waals surface area contributed by atoms with Crippen molar-refractivity contribution in [2.45, 2.75) is 32.6 Å². The molecule has 6 nitrogen and oxygen atoms in total. The molecule has 21 heavy (non-hydrogen) atoms. The van der Waals surface area contributed by atoms with Crippen molar-refractivity contribution in [2.24, 2.45) is 0 Å². The number of nitrogens with two attached hydrogens (primary N) is 1. The van der Waals surface area contributed by atoms with E-state index in [0.29, 0.717) is 12.6 Å². The van der Waals surface area contributed by atoms with Crippen molar-refractivity contribution >= 4 is 17.6 Å². The Morgan fingerprint density at radius 1 is 1.19 bits per heavy atom. The van der Waals surface area contributed by atoms with Crippen LogP contribution in [0.1, 0.15) is 30.9 Å². The predicted molar refractivity (Wildman–Crippen MR) is 81.8 cm³/mol. The summed E-state index contributed by atoms with van der Waals surface area (Å²) in [4.78, 5) is 12.3. The number of nitrogens with one attached hydrogen (secondary N) is 1. The summed E-state index contributed by atoms with van der Waals surface area (Å²) in [5.41, 5.74) is 9.49. The second kappa shape index (κ2) is 5.95. The minimum absolute atomic E-state index is 0.153. The highest BCUT2D eigenvalue weighted by Gasteiger charge is 2.14. The molecule has 1 heterocycles. The maximum absolute atomic E-state index is 5.70. The zero-order chi connectivity index (χ0) is 14.7. The van der Waals surface area contributed by atoms with Crippen molar-refractivity contribution in [1.82, 2.24) is 15.0 Å². The van der Waals surface area contributed by atoms with Crippen LogP contribution in [0.2, 0.25) is 0 Å². The Balaban J connectivity index is 1.90. The Labute approximate surface area is 123 Å². The van der Waals surface area contributed by atoms with Crippen LogP contribution >= 0.6 is 0 Å². The van der Waals surface area contributed by atoms with Gasteiger partial charge in [0.2, 0.25) is 11.9 Å². The zero-order valence-corrected chi connectivity index (χ0v) is 12.1. The zero-order valence-electron chi connectivity index (χ0n) is 12.1. The number of rotatable bonds is 4. The highest BCUT2D eigenvalue weighted by Crippen LogP contribution is 2.29. The van der Waals surface area contributed by atoms with Crippen LogP contribution in [0.5, 0.6) is 6.01 Å². The average Bonchev–Trinajstić information content (AvgIpc) is 2.47. The molecule has 2 aromatic rings. The van der Waals surface area contributed by atoms with Crippen molar-refractivity contribution in [3.05, 3.63) is 29.3 Å². The van der Waals surface area contributed by atoms with E-state index in [-0.39, 0.29) is 12.0 Å². The van der Waals surface area contributed by atoms with Gasteiger partial charge in [-0.15, -0.1) is 0 Å². The van der Waals surface area contributed by atoms with Gasteiger partial charge in [-0.2, -0.15) is 15.0 Å². The van der Waals surface area contributed by atoms with Crippen LogP contribution in [0.3, 0.4) is 0 Å². The minimum Gasteiger partial charge on any atom is -0.464 e. The number of hydrogen-bond donors (Lipinski definition) is 2. The fourth-order valence-corrected chi connectivity index (χ4v) is 2.64. The monoisotopic (exact) mass is 285 g/mol. The normalized spacial score (nSPS) is 13.6. The maximum atomic E-state index is 5.70. The predicted octanol–water partition coefficient (Wildman–Crippen LogP) is 2.47. The first-order valence-corrected chi connectivity index (χ1v) is 7.28. The third kappa shape index (κ3) is 3.04. The lowest BCUT2D eigenvalue weighted by atomic mass is 9.90. The Kier molecular flexibility index (Phi) is 3.85. The molecule has 0 atom stereocenters. The molecule has 0 fully saturated rings. The van der Waals surface area contributed by atoms with Gasteiger partial charge >= 0.3 is 6.01 Å². The molecule has 3 rings (SSSR count). The van der Waals surface area contributed by atoms with Crippen molar-refractivity contribution in [3.63, 3.8) is 0 Å². The van der Waals surface area contributed by atoms with Crippen LogP contribution in [-0.2, 0) is 12.8 Å². The summed E-state index contributed by atoms with van der Waals surface area (Å²) in [5.74, 6) is 0.575. The fraction of sp³-hybridized carbons (Fsp3) is 0.400. The Morgan fingerprint density at radius 2 is 2.05 bits per heavy atom. The van der Waals surface area contributed by atoms with Crippen LogP contribution in [-0.4, -0.2) is 21.6 Å². The summed E-state index contributed by atoms with van der Waals surface area (Å²) in [7, 11) is 0. The van der Waals surface area contributed by atoms with E-state index in [2.05, 4.69) is 32.4 Å². The number of ether oxygens (including phenoxy) is 1. The van der Waals surface area contributed by atoms with Gasteiger partial charge in [-0.1, -0.05) is 12.1 Å². The third-order valence-electron chi connectivity index (χ3n) is 3.55. The molecular weight excluding hydrogens is 266 g/mol. The van der Waals surface area contributed by atoms with E-state index in [9.17, 15) is 0 Å². The fourth-order valence-electron chi connectivity index (χ4n) is 2.64. The number of hydrogen-bond acceptors (Lipinski definition) is 6. The molecule has 0 amide bonds. The van der Waals surface area contributed by atoms with Gasteiger partial charge in [-0.3, -0.25) is 0 Å². The first-order chi connectivity index (χ1) is 10.3. The molecule has 0 saturated carbocycles. The molecule has 0 aliphatic heterocycles. The highest BCUT2D eigenvalue weighted by molar-refractivity contribution is 5.61. The van der Waals surface area contributed by atoms with Gasteiger partial charge in [0.1, 0.15) is 0 Å². The number of anilines is 3. The van der Waals surface area contributed by atoms with Crippen molar-refractivity contribution < 1.29 is 4.74 Å². The Hall–Kier alpha value is -2.37. The standard InChI is InChI=1S/C15H19N5O/c1-2-21-15-19-13(16)18-14(20-15)17-12-9-5-7-10-6-3-4-8-11(10)12/h5,7,9H,2-4,6,8H2,1H3,(H3,16,17,18,19,20). The van der Waals surface area contributed by atoms with Crippen molar-refractivity contribution in [3.8, 4) is 6.01 Å². The van der Waals surface area contributed by atoms with Crippen LogP contribution in [0.25, 0.3) is 0 Å².